The van der Waals surface area contributed by atoms with Gasteiger partial charge >= 0.3 is 0 Å². The molecule has 17 heavy (non-hydrogen) atoms. The van der Waals surface area contributed by atoms with Crippen LogP contribution in [0, 0.1) is 17.2 Å². The Bertz CT molecular complexity index is 400. The van der Waals surface area contributed by atoms with E-state index in [9.17, 15) is 0 Å². The maximum Gasteiger partial charge on any atom is 0.0995 e. The molecule has 0 aliphatic heterocycles. The van der Waals surface area contributed by atoms with Gasteiger partial charge in [0.15, 0.2) is 0 Å². The highest BCUT2D eigenvalue weighted by Gasteiger charge is 2.17. The Balaban J connectivity index is 1.93. The maximum absolute atomic E-state index is 9.05. The summed E-state index contributed by atoms with van der Waals surface area (Å²) in [5, 5.41) is 9.05. The minimum Gasteiger partial charge on any atom is -0.302 e. The molecule has 2 nitrogen and oxygen atoms in total. The quantitative estimate of drug-likeness (QED) is 0.791. The number of nitrogens with zero attached hydrogens (tertiary/aromatic N) is 2. The van der Waals surface area contributed by atoms with Gasteiger partial charge in [-0.05, 0) is 37.4 Å². The van der Waals surface area contributed by atoms with Crippen molar-refractivity contribution < 1.29 is 0 Å². The molecule has 0 aromatic heterocycles. The fraction of sp³-hybridized carbons (Fsp3) is 0.533. The fourth-order valence-electron chi connectivity index (χ4n) is 2.76. The first kappa shape index (κ1) is 12.1. The van der Waals surface area contributed by atoms with E-state index in [0.29, 0.717) is 0 Å². The summed E-state index contributed by atoms with van der Waals surface area (Å²) in [6.45, 7) is 2.06. The number of rotatable bonds is 4. The molecule has 0 spiro atoms. The molecule has 1 aromatic rings. The largest absolute Gasteiger partial charge is 0.302 e. The standard InChI is InChI=1S/C15H20N2/c1-17(11-13-6-2-3-7-13)12-15-9-5-4-8-14(15)10-16/h4-5,8-9,13H,2-3,6-7,11-12H2,1H3. The highest BCUT2D eigenvalue weighted by molar-refractivity contribution is 5.37. The molecule has 1 saturated carbocycles. The van der Waals surface area contributed by atoms with Crippen LogP contribution in [0.15, 0.2) is 24.3 Å². The van der Waals surface area contributed by atoms with E-state index in [-0.39, 0.29) is 0 Å². The molecular weight excluding hydrogens is 208 g/mol. The molecule has 0 radical (unpaired) electrons. The second kappa shape index (κ2) is 5.84. The first-order chi connectivity index (χ1) is 8.29. The molecule has 0 bridgehead atoms. The van der Waals surface area contributed by atoms with Gasteiger partial charge in [-0.25, -0.2) is 0 Å². The van der Waals surface area contributed by atoms with Crippen LogP contribution in [0.25, 0.3) is 0 Å². The molecule has 0 N–H and O–H groups in total. The number of benzene rings is 1. The Morgan fingerprint density at radius 2 is 2.00 bits per heavy atom. The van der Waals surface area contributed by atoms with Crippen molar-refractivity contribution in [2.75, 3.05) is 13.6 Å². The van der Waals surface area contributed by atoms with Gasteiger partial charge in [-0.15, -0.1) is 0 Å². The lowest BCUT2D eigenvalue weighted by Crippen LogP contribution is -2.24. The lowest BCUT2D eigenvalue weighted by atomic mass is 10.1. The molecule has 1 fully saturated rings. The van der Waals surface area contributed by atoms with Gasteiger partial charge in [-0.3, -0.25) is 0 Å². The molecule has 0 amide bonds. The van der Waals surface area contributed by atoms with E-state index in [0.717, 1.165) is 23.6 Å². The monoisotopic (exact) mass is 228 g/mol. The van der Waals surface area contributed by atoms with Crippen molar-refractivity contribution >= 4 is 0 Å². The minimum atomic E-state index is 0.811. The van der Waals surface area contributed by atoms with Crippen molar-refractivity contribution in [3.05, 3.63) is 35.4 Å². The van der Waals surface area contributed by atoms with Crippen molar-refractivity contribution in [3.63, 3.8) is 0 Å². The Labute approximate surface area is 104 Å². The molecule has 90 valence electrons. The Morgan fingerprint density at radius 1 is 1.29 bits per heavy atom. The predicted octanol–water partition coefficient (Wildman–Crippen LogP) is 3.18. The number of nitriles is 1. The summed E-state index contributed by atoms with van der Waals surface area (Å²) in [7, 11) is 2.16. The third kappa shape index (κ3) is 3.31. The van der Waals surface area contributed by atoms with Gasteiger partial charge in [0, 0.05) is 13.1 Å². The van der Waals surface area contributed by atoms with Gasteiger partial charge in [-0.2, -0.15) is 5.26 Å². The molecule has 1 aliphatic carbocycles. The SMILES string of the molecule is CN(Cc1ccccc1C#N)CC1CCCC1. The summed E-state index contributed by atoms with van der Waals surface area (Å²) in [6.07, 6.45) is 5.55. The van der Waals surface area contributed by atoms with Crippen LogP contribution >= 0.6 is 0 Å². The van der Waals surface area contributed by atoms with Crippen LogP contribution in [0.3, 0.4) is 0 Å². The lowest BCUT2D eigenvalue weighted by molar-refractivity contribution is 0.271. The van der Waals surface area contributed by atoms with E-state index in [1.807, 2.05) is 18.2 Å². The predicted molar refractivity (Wildman–Crippen MR) is 69.4 cm³/mol. The summed E-state index contributed by atoms with van der Waals surface area (Å²) in [5.41, 5.74) is 1.96. The number of hydrogen-bond donors (Lipinski definition) is 0. The highest BCUT2D eigenvalue weighted by atomic mass is 15.1. The van der Waals surface area contributed by atoms with Gasteiger partial charge in [0.05, 0.1) is 11.6 Å². The van der Waals surface area contributed by atoms with E-state index >= 15 is 0 Å². The maximum atomic E-state index is 9.05. The molecule has 2 rings (SSSR count). The molecule has 1 aromatic carbocycles. The molecule has 0 atom stereocenters. The van der Waals surface area contributed by atoms with E-state index in [1.54, 1.807) is 0 Å². The van der Waals surface area contributed by atoms with Crippen molar-refractivity contribution in [1.29, 1.82) is 5.26 Å². The lowest BCUT2D eigenvalue weighted by Gasteiger charge is -2.21. The fourth-order valence-corrected chi connectivity index (χ4v) is 2.76. The van der Waals surface area contributed by atoms with Crippen molar-refractivity contribution in [3.8, 4) is 6.07 Å². The van der Waals surface area contributed by atoms with E-state index < -0.39 is 0 Å². The van der Waals surface area contributed by atoms with Crippen LogP contribution < -0.4 is 0 Å². The summed E-state index contributed by atoms with van der Waals surface area (Å²) < 4.78 is 0. The van der Waals surface area contributed by atoms with Gasteiger partial charge in [0.2, 0.25) is 0 Å². The van der Waals surface area contributed by atoms with Crippen molar-refractivity contribution in [2.24, 2.45) is 5.92 Å². The van der Waals surface area contributed by atoms with Gasteiger partial charge < -0.3 is 4.90 Å². The Hall–Kier alpha value is -1.33. The Kier molecular flexibility index (Phi) is 4.17. The second-order valence-corrected chi connectivity index (χ2v) is 5.12. The van der Waals surface area contributed by atoms with Crippen LogP contribution in [0.4, 0.5) is 0 Å². The number of hydrogen-bond acceptors (Lipinski definition) is 2. The molecule has 2 heteroatoms. The second-order valence-electron chi connectivity index (χ2n) is 5.12. The van der Waals surface area contributed by atoms with Crippen LogP contribution in [-0.4, -0.2) is 18.5 Å². The van der Waals surface area contributed by atoms with Crippen LogP contribution in [0.1, 0.15) is 36.8 Å². The first-order valence-corrected chi connectivity index (χ1v) is 6.46. The van der Waals surface area contributed by atoms with E-state index in [1.165, 1.54) is 32.2 Å². The van der Waals surface area contributed by atoms with E-state index in [4.69, 9.17) is 5.26 Å². The molecule has 1 aliphatic rings. The molecular formula is C15H20N2. The third-order valence-electron chi connectivity index (χ3n) is 3.62. The topological polar surface area (TPSA) is 27.0 Å². The minimum absolute atomic E-state index is 0.811. The normalized spacial score (nSPS) is 16.3. The highest BCUT2D eigenvalue weighted by Crippen LogP contribution is 2.25. The van der Waals surface area contributed by atoms with Crippen LogP contribution in [0.5, 0.6) is 0 Å². The average molecular weight is 228 g/mol. The van der Waals surface area contributed by atoms with Gasteiger partial charge in [0.25, 0.3) is 0 Å². The first-order valence-electron chi connectivity index (χ1n) is 6.46. The molecule has 0 unspecified atom stereocenters. The molecule has 0 heterocycles. The summed E-state index contributed by atoms with van der Waals surface area (Å²) >= 11 is 0. The molecule has 0 saturated heterocycles. The summed E-state index contributed by atoms with van der Waals surface area (Å²) in [6, 6.07) is 10.2. The summed E-state index contributed by atoms with van der Waals surface area (Å²) in [5.74, 6) is 0.870. The average Bonchev–Trinajstić information content (AvgIpc) is 2.82. The van der Waals surface area contributed by atoms with Crippen LogP contribution in [0.2, 0.25) is 0 Å². The Morgan fingerprint density at radius 3 is 2.71 bits per heavy atom. The van der Waals surface area contributed by atoms with Crippen molar-refractivity contribution in [1.82, 2.24) is 4.90 Å². The van der Waals surface area contributed by atoms with Crippen LogP contribution in [-0.2, 0) is 6.54 Å². The smallest absolute Gasteiger partial charge is 0.0995 e. The van der Waals surface area contributed by atoms with Crippen molar-refractivity contribution in [2.45, 2.75) is 32.2 Å². The zero-order valence-corrected chi connectivity index (χ0v) is 10.5. The van der Waals surface area contributed by atoms with E-state index in [2.05, 4.69) is 24.1 Å². The summed E-state index contributed by atoms with van der Waals surface area (Å²) in [4.78, 5) is 2.35. The zero-order valence-electron chi connectivity index (χ0n) is 10.5. The third-order valence-corrected chi connectivity index (χ3v) is 3.62. The zero-order chi connectivity index (χ0) is 12.1. The van der Waals surface area contributed by atoms with Gasteiger partial charge in [-0.1, -0.05) is 31.0 Å². The van der Waals surface area contributed by atoms with Gasteiger partial charge in [0.1, 0.15) is 0 Å².